The van der Waals surface area contributed by atoms with Gasteiger partial charge in [0.1, 0.15) is 0 Å². The molecule has 0 bridgehead atoms. The number of nitrogens with one attached hydrogen (secondary N) is 1. The highest BCUT2D eigenvalue weighted by Gasteiger charge is 1.96. The minimum absolute atomic E-state index is 0.781. The van der Waals surface area contributed by atoms with Gasteiger partial charge in [0.25, 0.3) is 0 Å². The van der Waals surface area contributed by atoms with E-state index in [1.54, 1.807) is 0 Å². The third kappa shape index (κ3) is 4.22. The maximum Gasteiger partial charge on any atom is 0.0542 e. The smallest absolute Gasteiger partial charge is 0.0542 e. The Bertz CT molecular complexity index is 420. The van der Waals surface area contributed by atoms with E-state index in [1.807, 2.05) is 18.3 Å². The van der Waals surface area contributed by atoms with Crippen molar-refractivity contribution in [3.63, 3.8) is 0 Å². The molecule has 0 saturated heterocycles. The topological polar surface area (TPSA) is 24.9 Å². The summed E-state index contributed by atoms with van der Waals surface area (Å²) in [6, 6.07) is 12.3. The maximum absolute atomic E-state index is 4.31. The van der Waals surface area contributed by atoms with Crippen molar-refractivity contribution < 1.29 is 0 Å². The van der Waals surface area contributed by atoms with Gasteiger partial charge in [0.15, 0.2) is 0 Å². The minimum atomic E-state index is 0.781. The van der Waals surface area contributed by atoms with Crippen molar-refractivity contribution in [2.24, 2.45) is 0 Å². The zero-order valence-electron chi connectivity index (χ0n) is 9.16. The molecule has 0 unspecified atom stereocenters. The summed E-state index contributed by atoms with van der Waals surface area (Å²) < 4.78 is 2.12. The summed E-state index contributed by atoms with van der Waals surface area (Å²) in [5, 5.41) is 3.36. The van der Waals surface area contributed by atoms with Gasteiger partial charge in [0.05, 0.1) is 5.69 Å². The second kappa shape index (κ2) is 6.28. The number of hydrogen-bond acceptors (Lipinski definition) is 2. The highest BCUT2D eigenvalue weighted by atomic mass is 79.9. The molecule has 0 spiro atoms. The summed E-state index contributed by atoms with van der Waals surface area (Å²) in [5.41, 5.74) is 2.32. The lowest BCUT2D eigenvalue weighted by molar-refractivity contribution is 0.679. The van der Waals surface area contributed by atoms with Crippen LogP contribution in [0.1, 0.15) is 11.3 Å². The van der Waals surface area contributed by atoms with Crippen LogP contribution in [0.25, 0.3) is 0 Å². The lowest BCUT2D eigenvalue weighted by atomic mass is 10.2. The third-order valence-electron chi connectivity index (χ3n) is 2.34. The van der Waals surface area contributed by atoms with Gasteiger partial charge in [0, 0.05) is 28.2 Å². The molecule has 0 amide bonds. The molecule has 2 rings (SSSR count). The first-order valence-electron chi connectivity index (χ1n) is 5.29. The van der Waals surface area contributed by atoms with Crippen LogP contribution < -0.4 is 5.32 Å². The van der Waals surface area contributed by atoms with Crippen molar-refractivity contribution in [2.75, 3.05) is 0 Å². The van der Waals surface area contributed by atoms with E-state index in [9.17, 15) is 0 Å². The summed E-state index contributed by atoms with van der Waals surface area (Å²) in [6.45, 7) is 1.63. The SMILES string of the molecule is Brc1ccc(CNCc2ccc(Br)cn2)cc1. The van der Waals surface area contributed by atoms with Gasteiger partial charge < -0.3 is 5.32 Å². The molecule has 2 aromatic rings. The monoisotopic (exact) mass is 354 g/mol. The second-order valence-electron chi connectivity index (χ2n) is 3.70. The largest absolute Gasteiger partial charge is 0.307 e. The van der Waals surface area contributed by atoms with Crippen LogP contribution in [0.5, 0.6) is 0 Å². The number of benzene rings is 1. The third-order valence-corrected chi connectivity index (χ3v) is 3.33. The Kier molecular flexibility index (Phi) is 4.71. The zero-order valence-corrected chi connectivity index (χ0v) is 12.3. The standard InChI is InChI=1S/C13H12Br2N2/c14-11-3-1-10(2-4-11)7-16-9-13-6-5-12(15)8-17-13/h1-6,8,16H,7,9H2. The van der Waals surface area contributed by atoms with E-state index in [0.29, 0.717) is 0 Å². The van der Waals surface area contributed by atoms with Crippen molar-refractivity contribution in [3.05, 3.63) is 62.8 Å². The molecule has 0 saturated carbocycles. The fourth-order valence-corrected chi connectivity index (χ4v) is 1.95. The van der Waals surface area contributed by atoms with Gasteiger partial charge in [-0.05, 0) is 45.8 Å². The van der Waals surface area contributed by atoms with Gasteiger partial charge in [-0.15, -0.1) is 0 Å². The molecule has 1 aromatic heterocycles. The Balaban J connectivity index is 1.83. The van der Waals surface area contributed by atoms with Crippen molar-refractivity contribution in [3.8, 4) is 0 Å². The van der Waals surface area contributed by atoms with Crippen LogP contribution in [0.15, 0.2) is 51.5 Å². The van der Waals surface area contributed by atoms with Gasteiger partial charge in [-0.25, -0.2) is 0 Å². The molecule has 88 valence electrons. The summed E-state index contributed by atoms with van der Waals surface area (Å²) in [6.07, 6.45) is 1.82. The first-order chi connectivity index (χ1) is 8.24. The van der Waals surface area contributed by atoms with Crippen LogP contribution >= 0.6 is 31.9 Å². The van der Waals surface area contributed by atoms with E-state index in [2.05, 4.69) is 66.4 Å². The summed E-state index contributed by atoms with van der Waals surface area (Å²) >= 11 is 6.79. The highest BCUT2D eigenvalue weighted by Crippen LogP contribution is 2.10. The fraction of sp³-hybridized carbons (Fsp3) is 0.154. The second-order valence-corrected chi connectivity index (χ2v) is 5.53. The molecular formula is C13H12Br2N2. The van der Waals surface area contributed by atoms with E-state index >= 15 is 0 Å². The van der Waals surface area contributed by atoms with Crippen molar-refractivity contribution in [1.82, 2.24) is 10.3 Å². The first-order valence-corrected chi connectivity index (χ1v) is 6.88. The fourth-order valence-electron chi connectivity index (χ4n) is 1.45. The molecule has 0 atom stereocenters. The van der Waals surface area contributed by atoms with Gasteiger partial charge >= 0.3 is 0 Å². The number of pyridine rings is 1. The van der Waals surface area contributed by atoms with Crippen LogP contribution in [-0.4, -0.2) is 4.98 Å². The molecule has 0 radical (unpaired) electrons. The Hall–Kier alpha value is -0.710. The Morgan fingerprint density at radius 1 is 0.882 bits per heavy atom. The van der Waals surface area contributed by atoms with E-state index < -0.39 is 0 Å². The van der Waals surface area contributed by atoms with E-state index in [-0.39, 0.29) is 0 Å². The number of hydrogen-bond donors (Lipinski definition) is 1. The number of nitrogens with zero attached hydrogens (tertiary/aromatic N) is 1. The van der Waals surface area contributed by atoms with Crippen LogP contribution in [0, 0.1) is 0 Å². The van der Waals surface area contributed by atoms with E-state index in [1.165, 1.54) is 5.56 Å². The van der Waals surface area contributed by atoms with E-state index in [4.69, 9.17) is 0 Å². The molecule has 17 heavy (non-hydrogen) atoms. The molecule has 4 heteroatoms. The van der Waals surface area contributed by atoms with Gasteiger partial charge in [-0.1, -0.05) is 28.1 Å². The summed E-state index contributed by atoms with van der Waals surface area (Å²) in [7, 11) is 0. The van der Waals surface area contributed by atoms with Gasteiger partial charge in [-0.3, -0.25) is 4.98 Å². The molecule has 1 aromatic carbocycles. The Morgan fingerprint density at radius 2 is 1.59 bits per heavy atom. The predicted octanol–water partition coefficient (Wildman–Crippen LogP) is 3.90. The van der Waals surface area contributed by atoms with Crippen LogP contribution in [0.3, 0.4) is 0 Å². The maximum atomic E-state index is 4.31. The van der Waals surface area contributed by atoms with Crippen LogP contribution in [0.4, 0.5) is 0 Å². The summed E-state index contributed by atoms with van der Waals surface area (Å²) in [4.78, 5) is 4.31. The minimum Gasteiger partial charge on any atom is -0.307 e. The average Bonchev–Trinajstić information content (AvgIpc) is 2.34. The quantitative estimate of drug-likeness (QED) is 0.899. The molecule has 1 N–H and O–H groups in total. The Labute approximate surface area is 118 Å². The lowest BCUT2D eigenvalue weighted by Crippen LogP contribution is -2.13. The molecule has 0 fully saturated rings. The highest BCUT2D eigenvalue weighted by molar-refractivity contribution is 9.10. The first kappa shape index (κ1) is 12.7. The van der Waals surface area contributed by atoms with Gasteiger partial charge in [-0.2, -0.15) is 0 Å². The number of halogens is 2. The van der Waals surface area contributed by atoms with Crippen molar-refractivity contribution in [1.29, 1.82) is 0 Å². The molecule has 0 aliphatic heterocycles. The van der Waals surface area contributed by atoms with E-state index in [0.717, 1.165) is 27.7 Å². The summed E-state index contributed by atoms with van der Waals surface area (Å²) in [5.74, 6) is 0. The predicted molar refractivity (Wildman–Crippen MR) is 76.6 cm³/mol. The average molecular weight is 356 g/mol. The molecule has 0 aliphatic carbocycles. The van der Waals surface area contributed by atoms with Crippen molar-refractivity contribution in [2.45, 2.75) is 13.1 Å². The Morgan fingerprint density at radius 3 is 2.24 bits per heavy atom. The molecule has 1 heterocycles. The van der Waals surface area contributed by atoms with Gasteiger partial charge in [0.2, 0.25) is 0 Å². The molecule has 2 nitrogen and oxygen atoms in total. The number of rotatable bonds is 4. The molecular weight excluding hydrogens is 344 g/mol. The van der Waals surface area contributed by atoms with Crippen LogP contribution in [-0.2, 0) is 13.1 Å². The van der Waals surface area contributed by atoms with Crippen molar-refractivity contribution >= 4 is 31.9 Å². The zero-order chi connectivity index (χ0) is 12.1. The molecule has 0 aliphatic rings. The normalized spacial score (nSPS) is 10.5. The number of aromatic nitrogens is 1. The lowest BCUT2D eigenvalue weighted by Gasteiger charge is -2.04. The van der Waals surface area contributed by atoms with Crippen LogP contribution in [0.2, 0.25) is 0 Å².